The van der Waals surface area contributed by atoms with Gasteiger partial charge >= 0.3 is 0 Å². The summed E-state index contributed by atoms with van der Waals surface area (Å²) in [6, 6.07) is 15.6. The van der Waals surface area contributed by atoms with Crippen molar-refractivity contribution >= 4 is 51.4 Å². The second-order valence-corrected chi connectivity index (χ2v) is 9.04. The van der Waals surface area contributed by atoms with E-state index in [-0.39, 0.29) is 12.1 Å². The van der Waals surface area contributed by atoms with Crippen LogP contribution >= 0.6 is 11.6 Å². The van der Waals surface area contributed by atoms with Gasteiger partial charge < -0.3 is 21.1 Å². The molecule has 0 bridgehead atoms. The first-order chi connectivity index (χ1) is 17.0. The molecule has 2 aliphatic rings. The van der Waals surface area contributed by atoms with Gasteiger partial charge in [-0.1, -0.05) is 29.8 Å². The fourth-order valence-corrected chi connectivity index (χ4v) is 4.63. The number of allylic oxidation sites excluding steroid dienone is 1. The monoisotopic (exact) mass is 486 g/mol. The highest BCUT2D eigenvalue weighted by Crippen LogP contribution is 2.30. The first-order valence-corrected chi connectivity index (χ1v) is 11.7. The van der Waals surface area contributed by atoms with E-state index in [0.717, 1.165) is 56.3 Å². The van der Waals surface area contributed by atoms with Gasteiger partial charge in [-0.05, 0) is 35.4 Å². The summed E-state index contributed by atoms with van der Waals surface area (Å²) in [6.07, 6.45) is 2.53. The van der Waals surface area contributed by atoms with E-state index in [1.54, 1.807) is 0 Å². The Balaban J connectivity index is 1.21. The van der Waals surface area contributed by atoms with E-state index < -0.39 is 0 Å². The highest BCUT2D eigenvalue weighted by molar-refractivity contribution is 6.30. The number of halogens is 1. The largest absolute Gasteiger partial charge is 0.382 e. The predicted octanol–water partition coefficient (Wildman–Crippen LogP) is 3.93. The van der Waals surface area contributed by atoms with Crippen LogP contribution in [-0.4, -0.2) is 51.7 Å². The predicted molar refractivity (Wildman–Crippen MR) is 139 cm³/mol. The summed E-state index contributed by atoms with van der Waals surface area (Å²) in [7, 11) is 0. The fraction of sp³-hybridized carbons (Fsp3) is 0.200. The lowest BCUT2D eigenvalue weighted by molar-refractivity contribution is 0.0829. The van der Waals surface area contributed by atoms with E-state index in [2.05, 4.69) is 30.1 Å². The molecule has 1 fully saturated rings. The maximum absolute atomic E-state index is 6.11. The molecule has 2 aromatic carbocycles. The second kappa shape index (κ2) is 8.68. The molecule has 0 amide bonds. The molecule has 1 saturated heterocycles. The topological polar surface area (TPSA) is 131 Å². The summed E-state index contributed by atoms with van der Waals surface area (Å²) >= 11 is 6.03. The third-order valence-electron chi connectivity index (χ3n) is 6.35. The Morgan fingerprint density at radius 3 is 2.71 bits per heavy atom. The van der Waals surface area contributed by atoms with Crippen molar-refractivity contribution in [1.82, 2.24) is 20.2 Å². The lowest BCUT2D eigenvalue weighted by Crippen LogP contribution is -2.46. The molecule has 0 spiro atoms. The Morgan fingerprint density at radius 2 is 1.86 bits per heavy atom. The van der Waals surface area contributed by atoms with Crippen LogP contribution < -0.4 is 16.4 Å². The van der Waals surface area contributed by atoms with Gasteiger partial charge in [0.2, 0.25) is 5.95 Å². The molecule has 2 aliphatic heterocycles. The molecule has 10 heteroatoms. The number of hydrogen-bond acceptors (Lipinski definition) is 8. The van der Waals surface area contributed by atoms with Crippen LogP contribution in [0.25, 0.3) is 27.7 Å². The number of morpholine rings is 1. The number of benzene rings is 2. The Kier molecular flexibility index (Phi) is 5.35. The third kappa shape index (κ3) is 4.20. The Hall–Kier alpha value is -3.95. The lowest BCUT2D eigenvalue weighted by atomic mass is 10.00. The normalized spacial score (nSPS) is 18.1. The van der Waals surface area contributed by atoms with Crippen molar-refractivity contribution in [2.75, 3.05) is 36.1 Å². The van der Waals surface area contributed by atoms with E-state index in [4.69, 9.17) is 27.8 Å². The maximum atomic E-state index is 6.11. The summed E-state index contributed by atoms with van der Waals surface area (Å²) in [6.45, 7) is 1.90. The van der Waals surface area contributed by atoms with Gasteiger partial charge in [0.05, 0.1) is 30.1 Å². The minimum Gasteiger partial charge on any atom is -0.382 e. The van der Waals surface area contributed by atoms with Crippen molar-refractivity contribution < 1.29 is 4.74 Å². The van der Waals surface area contributed by atoms with Crippen LogP contribution in [0.5, 0.6) is 0 Å². The van der Waals surface area contributed by atoms with Gasteiger partial charge in [0.15, 0.2) is 5.82 Å². The molecule has 2 aromatic heterocycles. The van der Waals surface area contributed by atoms with Crippen LogP contribution in [0.2, 0.25) is 5.02 Å². The van der Waals surface area contributed by atoms with Crippen LogP contribution in [0.15, 0.2) is 59.7 Å². The summed E-state index contributed by atoms with van der Waals surface area (Å²) in [4.78, 5) is 15.8. The first kappa shape index (κ1) is 21.6. The number of nitrogen functional groups attached to an aromatic ring is 2. The average molecular weight is 487 g/mol. The summed E-state index contributed by atoms with van der Waals surface area (Å²) in [5, 5.41) is 8.60. The molecule has 0 aliphatic carbocycles. The van der Waals surface area contributed by atoms with E-state index in [0.29, 0.717) is 25.5 Å². The number of fused-ring (bicyclic) bond motifs is 1. The molecular weight excluding hydrogens is 464 g/mol. The first-order valence-electron chi connectivity index (χ1n) is 11.3. The van der Waals surface area contributed by atoms with Crippen molar-refractivity contribution in [2.45, 2.75) is 12.5 Å². The SMILES string of the molecule is Nc1nc(-c2ccc3c(N)n[nH]c3c2)cc(N2CCOC(C3=NC=C(c4ccc(Cl)cc4)C3)C2)n1. The molecule has 1 unspecified atom stereocenters. The zero-order chi connectivity index (χ0) is 23.9. The number of rotatable bonds is 4. The van der Waals surface area contributed by atoms with Crippen molar-refractivity contribution in [2.24, 2.45) is 4.99 Å². The van der Waals surface area contributed by atoms with Gasteiger partial charge in [-0.25, -0.2) is 4.98 Å². The minimum absolute atomic E-state index is 0.131. The van der Waals surface area contributed by atoms with Crippen molar-refractivity contribution in [3.63, 3.8) is 0 Å². The van der Waals surface area contributed by atoms with Crippen LogP contribution in [0, 0.1) is 0 Å². The number of nitrogens with zero attached hydrogens (tertiary/aromatic N) is 5. The number of aliphatic imine (C=N–C) groups is 1. The number of nitrogens with two attached hydrogens (primary N) is 2. The third-order valence-corrected chi connectivity index (χ3v) is 6.60. The second-order valence-electron chi connectivity index (χ2n) is 8.60. The van der Waals surface area contributed by atoms with Crippen LogP contribution in [0.1, 0.15) is 12.0 Å². The van der Waals surface area contributed by atoms with E-state index in [9.17, 15) is 0 Å². The lowest BCUT2D eigenvalue weighted by Gasteiger charge is -2.34. The van der Waals surface area contributed by atoms with Gasteiger partial charge in [-0.15, -0.1) is 0 Å². The molecule has 1 atom stereocenters. The Bertz CT molecular complexity index is 1480. The molecule has 5 N–H and O–H groups in total. The number of ether oxygens (including phenoxy) is 1. The van der Waals surface area contributed by atoms with Crippen molar-refractivity contribution in [3.05, 3.63) is 65.3 Å². The van der Waals surface area contributed by atoms with Gasteiger partial charge in [0.1, 0.15) is 11.9 Å². The maximum Gasteiger partial charge on any atom is 0.222 e. The number of hydrogen-bond donors (Lipinski definition) is 3. The highest BCUT2D eigenvalue weighted by atomic mass is 35.5. The number of H-pyrrole nitrogens is 1. The molecule has 35 heavy (non-hydrogen) atoms. The fourth-order valence-electron chi connectivity index (χ4n) is 4.51. The van der Waals surface area contributed by atoms with Gasteiger partial charge in [-0.3, -0.25) is 10.1 Å². The molecular formula is C25H23ClN8O. The van der Waals surface area contributed by atoms with Crippen LogP contribution in [0.3, 0.4) is 0 Å². The van der Waals surface area contributed by atoms with Gasteiger partial charge in [-0.2, -0.15) is 10.1 Å². The highest BCUT2D eigenvalue weighted by Gasteiger charge is 2.28. The van der Waals surface area contributed by atoms with Crippen molar-refractivity contribution in [1.29, 1.82) is 0 Å². The minimum atomic E-state index is -0.131. The molecule has 4 heterocycles. The Morgan fingerprint density at radius 1 is 1.03 bits per heavy atom. The quantitative estimate of drug-likeness (QED) is 0.398. The molecule has 176 valence electrons. The summed E-state index contributed by atoms with van der Waals surface area (Å²) < 4.78 is 6.09. The summed E-state index contributed by atoms with van der Waals surface area (Å²) in [5.41, 5.74) is 17.8. The van der Waals surface area contributed by atoms with Gasteiger partial charge in [0, 0.05) is 41.2 Å². The number of nitrogens with one attached hydrogen (secondary N) is 1. The Labute approximate surface area is 206 Å². The average Bonchev–Trinajstić information content (AvgIpc) is 3.51. The smallest absolute Gasteiger partial charge is 0.222 e. The zero-order valence-corrected chi connectivity index (χ0v) is 19.5. The van der Waals surface area contributed by atoms with E-state index >= 15 is 0 Å². The van der Waals surface area contributed by atoms with E-state index in [1.807, 2.05) is 54.7 Å². The summed E-state index contributed by atoms with van der Waals surface area (Å²) in [5.74, 6) is 1.45. The number of aromatic nitrogens is 4. The number of anilines is 3. The van der Waals surface area contributed by atoms with E-state index in [1.165, 1.54) is 0 Å². The standard InChI is InChI=1S/C25H23ClN8O/c26-17-4-1-14(2-5-17)16-10-21(29-12-16)22-13-34(7-8-35-22)23-11-19(30-25(28)31-23)15-3-6-18-20(9-15)32-33-24(18)27/h1-6,9,11-12,22H,7-8,10,13H2,(H3,27,32,33)(H2,28,30,31). The zero-order valence-electron chi connectivity index (χ0n) is 18.8. The van der Waals surface area contributed by atoms with Crippen LogP contribution in [-0.2, 0) is 4.74 Å². The van der Waals surface area contributed by atoms with Crippen LogP contribution in [0.4, 0.5) is 17.6 Å². The molecule has 4 aromatic rings. The molecule has 6 rings (SSSR count). The van der Waals surface area contributed by atoms with Crippen molar-refractivity contribution in [3.8, 4) is 11.3 Å². The molecule has 0 saturated carbocycles. The number of aromatic amines is 1. The van der Waals surface area contributed by atoms with Gasteiger partial charge in [0.25, 0.3) is 0 Å². The molecule has 0 radical (unpaired) electrons. The molecule has 9 nitrogen and oxygen atoms in total.